The highest BCUT2D eigenvalue weighted by atomic mass is 35.5. The maximum atomic E-state index is 10.1. The molecule has 0 bridgehead atoms. The van der Waals surface area contributed by atoms with E-state index in [1.807, 2.05) is 24.3 Å². The maximum Gasteiger partial charge on any atom is 0.139 e. The quantitative estimate of drug-likeness (QED) is 0.835. The van der Waals surface area contributed by atoms with E-state index in [0.29, 0.717) is 0 Å². The van der Waals surface area contributed by atoms with Crippen LogP contribution in [0.5, 0.6) is 0 Å². The third-order valence-corrected chi connectivity index (χ3v) is 3.29. The van der Waals surface area contributed by atoms with Crippen molar-refractivity contribution in [3.05, 3.63) is 29.8 Å². The van der Waals surface area contributed by atoms with Crippen molar-refractivity contribution in [2.45, 2.75) is 12.6 Å². The fraction of sp³-hybridized carbons (Fsp3) is 0.538. The van der Waals surface area contributed by atoms with E-state index in [9.17, 15) is 5.11 Å². The van der Waals surface area contributed by atoms with Gasteiger partial charge in [0.05, 0.1) is 13.2 Å². The maximum absolute atomic E-state index is 10.1. The second-order valence-corrected chi connectivity index (χ2v) is 4.47. The van der Waals surface area contributed by atoms with Gasteiger partial charge < -0.3 is 14.7 Å². The summed E-state index contributed by atoms with van der Waals surface area (Å²) in [4.78, 5) is 2.29. The Morgan fingerprint density at radius 2 is 1.68 bits per heavy atom. The number of anilines is 1. The average Bonchev–Trinajstić information content (AvgIpc) is 2.40. The van der Waals surface area contributed by atoms with Crippen molar-refractivity contribution in [1.82, 2.24) is 5.32 Å². The summed E-state index contributed by atoms with van der Waals surface area (Å²) in [6, 6.07) is 8.02. The molecule has 0 amide bonds. The number of halogens is 2. The van der Waals surface area contributed by atoms with Crippen LogP contribution in [0, 0.1) is 0 Å². The van der Waals surface area contributed by atoms with Crippen LogP contribution in [0.4, 0.5) is 5.69 Å². The smallest absolute Gasteiger partial charge is 0.139 e. The van der Waals surface area contributed by atoms with E-state index in [4.69, 9.17) is 4.74 Å². The molecule has 0 spiro atoms. The summed E-state index contributed by atoms with van der Waals surface area (Å²) >= 11 is 0. The van der Waals surface area contributed by atoms with Crippen LogP contribution in [-0.4, -0.2) is 38.5 Å². The lowest BCUT2D eigenvalue weighted by Gasteiger charge is -2.30. The molecule has 0 aliphatic carbocycles. The van der Waals surface area contributed by atoms with Crippen molar-refractivity contribution in [2.75, 3.05) is 38.3 Å². The van der Waals surface area contributed by atoms with Crippen LogP contribution in [0.15, 0.2) is 24.3 Å². The lowest BCUT2D eigenvalue weighted by Crippen LogP contribution is -2.37. The number of rotatable bonds is 3. The molecule has 1 unspecified atom stereocenters. The fourth-order valence-electron chi connectivity index (χ4n) is 1.96. The first-order chi connectivity index (χ1) is 8.13. The summed E-state index contributed by atoms with van der Waals surface area (Å²) in [7, 11) is 1.75. The van der Waals surface area contributed by atoms with Gasteiger partial charge in [-0.25, -0.2) is 0 Å². The Bertz CT molecular complexity index is 365. The minimum atomic E-state index is -0.969. The lowest BCUT2D eigenvalue weighted by molar-refractivity contribution is 0.0282. The highest BCUT2D eigenvalue weighted by Crippen LogP contribution is 2.22. The number of benzene rings is 1. The minimum absolute atomic E-state index is 0. The van der Waals surface area contributed by atoms with E-state index in [-0.39, 0.29) is 24.8 Å². The lowest BCUT2D eigenvalue weighted by atomic mass is 10.0. The van der Waals surface area contributed by atoms with E-state index in [2.05, 4.69) is 10.2 Å². The molecule has 1 heterocycles. The van der Waals surface area contributed by atoms with Crippen LogP contribution >= 0.6 is 24.8 Å². The van der Waals surface area contributed by atoms with E-state index < -0.39 is 5.72 Å². The molecule has 0 saturated carbocycles. The second kappa shape index (κ2) is 7.92. The monoisotopic (exact) mass is 308 g/mol. The molecule has 6 heteroatoms. The van der Waals surface area contributed by atoms with Gasteiger partial charge in [0.25, 0.3) is 0 Å². The van der Waals surface area contributed by atoms with Crippen molar-refractivity contribution in [1.29, 1.82) is 0 Å². The Balaban J connectivity index is 0.00000162. The molecular formula is C13H22Cl2N2O2. The molecule has 19 heavy (non-hydrogen) atoms. The van der Waals surface area contributed by atoms with Gasteiger partial charge in [-0.05, 0) is 31.7 Å². The number of hydrogen-bond donors (Lipinski definition) is 2. The van der Waals surface area contributed by atoms with E-state index in [0.717, 1.165) is 31.9 Å². The number of ether oxygens (including phenoxy) is 1. The zero-order valence-electron chi connectivity index (χ0n) is 11.3. The Hall–Kier alpha value is -0.520. The van der Waals surface area contributed by atoms with Crippen LogP contribution in [0.25, 0.3) is 0 Å². The molecule has 1 atom stereocenters. The number of aliphatic hydroxyl groups is 1. The van der Waals surface area contributed by atoms with Gasteiger partial charge in [-0.3, -0.25) is 5.32 Å². The highest BCUT2D eigenvalue weighted by molar-refractivity contribution is 5.85. The van der Waals surface area contributed by atoms with Gasteiger partial charge in [-0.15, -0.1) is 24.8 Å². The normalized spacial score (nSPS) is 17.9. The molecule has 0 aromatic heterocycles. The van der Waals surface area contributed by atoms with Gasteiger partial charge in [0, 0.05) is 18.8 Å². The first-order valence-corrected chi connectivity index (χ1v) is 5.98. The van der Waals surface area contributed by atoms with Crippen LogP contribution in [0.3, 0.4) is 0 Å². The SMILES string of the molecule is CNC(C)(O)c1ccc(N2CCOCC2)cc1.Cl.Cl. The molecule has 2 N–H and O–H groups in total. The predicted molar refractivity (Wildman–Crippen MR) is 82.6 cm³/mol. The first kappa shape index (κ1) is 18.5. The molecule has 1 aliphatic heterocycles. The van der Waals surface area contributed by atoms with Crippen LogP contribution in [0.2, 0.25) is 0 Å². The van der Waals surface area contributed by atoms with Crippen molar-refractivity contribution in [2.24, 2.45) is 0 Å². The highest BCUT2D eigenvalue weighted by Gasteiger charge is 2.20. The second-order valence-electron chi connectivity index (χ2n) is 4.47. The molecule has 4 nitrogen and oxygen atoms in total. The number of morpholine rings is 1. The van der Waals surface area contributed by atoms with Gasteiger partial charge in [-0.2, -0.15) is 0 Å². The third kappa shape index (κ3) is 4.51. The molecular weight excluding hydrogens is 287 g/mol. The summed E-state index contributed by atoms with van der Waals surface area (Å²) in [6.45, 7) is 5.19. The van der Waals surface area contributed by atoms with E-state index in [1.54, 1.807) is 14.0 Å². The van der Waals surface area contributed by atoms with Gasteiger partial charge >= 0.3 is 0 Å². The van der Waals surface area contributed by atoms with Crippen LogP contribution in [0.1, 0.15) is 12.5 Å². The van der Waals surface area contributed by atoms with Gasteiger partial charge in [0.2, 0.25) is 0 Å². The van der Waals surface area contributed by atoms with E-state index >= 15 is 0 Å². The number of nitrogens with one attached hydrogen (secondary N) is 1. The minimum Gasteiger partial charge on any atom is -0.378 e. The molecule has 1 aliphatic rings. The van der Waals surface area contributed by atoms with Gasteiger partial charge in [0.1, 0.15) is 5.72 Å². The summed E-state index contributed by atoms with van der Waals surface area (Å²) in [5.74, 6) is 0. The first-order valence-electron chi connectivity index (χ1n) is 5.98. The average molecular weight is 309 g/mol. The van der Waals surface area contributed by atoms with Crippen LogP contribution < -0.4 is 10.2 Å². The fourth-order valence-corrected chi connectivity index (χ4v) is 1.96. The topological polar surface area (TPSA) is 44.7 Å². The Morgan fingerprint density at radius 1 is 1.16 bits per heavy atom. The van der Waals surface area contributed by atoms with Crippen molar-refractivity contribution in [3.63, 3.8) is 0 Å². The molecule has 110 valence electrons. The van der Waals surface area contributed by atoms with E-state index in [1.165, 1.54) is 5.69 Å². The van der Waals surface area contributed by atoms with Crippen molar-refractivity contribution >= 4 is 30.5 Å². The van der Waals surface area contributed by atoms with Crippen LogP contribution in [-0.2, 0) is 10.5 Å². The predicted octanol–water partition coefficient (Wildman–Crippen LogP) is 1.75. The molecule has 0 radical (unpaired) electrons. The Morgan fingerprint density at radius 3 is 2.16 bits per heavy atom. The van der Waals surface area contributed by atoms with Gasteiger partial charge in [-0.1, -0.05) is 12.1 Å². The standard InChI is InChI=1S/C13H20N2O2.2ClH/c1-13(16,14-2)11-3-5-12(6-4-11)15-7-9-17-10-8-15;;/h3-6,14,16H,7-10H2,1-2H3;2*1H. The number of nitrogens with zero attached hydrogens (tertiary/aromatic N) is 1. The van der Waals surface area contributed by atoms with Gasteiger partial charge in [0.15, 0.2) is 0 Å². The molecule has 1 fully saturated rings. The summed E-state index contributed by atoms with van der Waals surface area (Å²) in [5.41, 5.74) is 1.09. The number of hydrogen-bond acceptors (Lipinski definition) is 4. The van der Waals surface area contributed by atoms with Crippen molar-refractivity contribution in [3.8, 4) is 0 Å². The largest absolute Gasteiger partial charge is 0.378 e. The molecule has 1 aromatic carbocycles. The Labute approximate surface area is 127 Å². The zero-order chi connectivity index (χ0) is 12.3. The Kier molecular flexibility index (Phi) is 7.71. The summed E-state index contributed by atoms with van der Waals surface area (Å²) < 4.78 is 5.32. The molecule has 1 aromatic rings. The third-order valence-electron chi connectivity index (χ3n) is 3.29. The zero-order valence-corrected chi connectivity index (χ0v) is 12.9. The molecule has 2 rings (SSSR count). The van der Waals surface area contributed by atoms with Crippen molar-refractivity contribution < 1.29 is 9.84 Å². The summed E-state index contributed by atoms with van der Waals surface area (Å²) in [6.07, 6.45) is 0. The molecule has 1 saturated heterocycles. The summed E-state index contributed by atoms with van der Waals surface area (Å²) in [5, 5.41) is 12.9.